The van der Waals surface area contributed by atoms with Gasteiger partial charge in [0.05, 0.1) is 0 Å². The first-order chi connectivity index (χ1) is 8.91. The Morgan fingerprint density at radius 2 is 1.68 bits per heavy atom. The summed E-state index contributed by atoms with van der Waals surface area (Å²) in [5.41, 5.74) is 0.231. The van der Waals surface area contributed by atoms with Gasteiger partial charge >= 0.3 is 0 Å². The van der Waals surface area contributed by atoms with Gasteiger partial charge in [0.15, 0.2) is 11.6 Å². The number of halogens is 4. The van der Waals surface area contributed by atoms with Gasteiger partial charge in [-0.1, -0.05) is 35.3 Å². The minimum absolute atomic E-state index is 0.172. The van der Waals surface area contributed by atoms with E-state index in [1.807, 2.05) is 0 Å². The van der Waals surface area contributed by atoms with E-state index in [9.17, 15) is 13.9 Å². The molecule has 0 fully saturated rings. The topological polar surface area (TPSA) is 20.2 Å². The second-order valence-electron chi connectivity index (χ2n) is 4.17. The largest absolute Gasteiger partial charge is 0.383 e. The number of aliphatic hydroxyl groups excluding tert-OH is 1. The lowest BCUT2D eigenvalue weighted by atomic mass is 9.99. The van der Waals surface area contributed by atoms with E-state index in [1.165, 1.54) is 31.2 Å². The molecule has 2 aromatic rings. The fourth-order valence-electron chi connectivity index (χ4n) is 1.76. The van der Waals surface area contributed by atoms with Crippen molar-refractivity contribution in [2.75, 3.05) is 0 Å². The average molecular weight is 303 g/mol. The number of hydrogen-bond acceptors (Lipinski definition) is 1. The second-order valence-corrected chi connectivity index (χ2v) is 5.01. The van der Waals surface area contributed by atoms with Crippen molar-refractivity contribution in [2.45, 2.75) is 13.0 Å². The molecule has 0 bridgehead atoms. The second kappa shape index (κ2) is 5.45. The molecule has 1 unspecified atom stereocenters. The van der Waals surface area contributed by atoms with Crippen LogP contribution in [0.15, 0.2) is 30.3 Å². The Bertz CT molecular complexity index is 629. The molecule has 0 radical (unpaired) electrons. The van der Waals surface area contributed by atoms with E-state index in [0.29, 0.717) is 5.02 Å². The van der Waals surface area contributed by atoms with Crippen molar-refractivity contribution in [3.05, 3.63) is 68.7 Å². The number of hydrogen-bond donors (Lipinski definition) is 1. The van der Waals surface area contributed by atoms with Crippen LogP contribution in [0.5, 0.6) is 0 Å². The molecule has 0 aliphatic heterocycles. The molecule has 1 nitrogen and oxygen atoms in total. The van der Waals surface area contributed by atoms with E-state index in [-0.39, 0.29) is 21.7 Å². The molecule has 1 atom stereocenters. The zero-order chi connectivity index (χ0) is 14.2. The molecule has 2 rings (SSSR count). The summed E-state index contributed by atoms with van der Waals surface area (Å²) in [7, 11) is 0. The smallest absolute Gasteiger partial charge is 0.165 e. The predicted octanol–water partition coefficient (Wildman–Crippen LogP) is 4.66. The monoisotopic (exact) mass is 302 g/mol. The SMILES string of the molecule is Cc1ccc(C(O)c2cc(Cl)ccc2Cl)c(F)c1F. The van der Waals surface area contributed by atoms with Crippen LogP contribution >= 0.6 is 23.2 Å². The fraction of sp³-hybridized carbons (Fsp3) is 0.143. The third kappa shape index (κ3) is 2.73. The molecule has 0 saturated carbocycles. The van der Waals surface area contributed by atoms with Crippen LogP contribution in [0.1, 0.15) is 22.8 Å². The summed E-state index contributed by atoms with van der Waals surface area (Å²) in [6, 6.07) is 7.19. The maximum absolute atomic E-state index is 13.8. The Kier molecular flexibility index (Phi) is 4.09. The zero-order valence-electron chi connectivity index (χ0n) is 9.92. The Morgan fingerprint density at radius 3 is 2.37 bits per heavy atom. The lowest BCUT2D eigenvalue weighted by Gasteiger charge is -2.15. The lowest BCUT2D eigenvalue weighted by Crippen LogP contribution is -2.06. The Balaban J connectivity index is 2.53. The standard InChI is InChI=1S/C14H10Cl2F2O/c1-7-2-4-9(13(18)12(7)17)14(19)10-6-8(15)3-5-11(10)16/h2-6,14,19H,1H3. The number of rotatable bonds is 2. The van der Waals surface area contributed by atoms with Gasteiger partial charge in [0, 0.05) is 21.2 Å². The van der Waals surface area contributed by atoms with Crippen molar-refractivity contribution in [1.82, 2.24) is 0 Å². The molecule has 0 amide bonds. The number of aliphatic hydroxyl groups is 1. The van der Waals surface area contributed by atoms with Crippen LogP contribution in [0, 0.1) is 18.6 Å². The van der Waals surface area contributed by atoms with Crippen LogP contribution in [0.3, 0.4) is 0 Å². The molecule has 100 valence electrons. The third-order valence-corrected chi connectivity index (χ3v) is 3.43. The van der Waals surface area contributed by atoms with Crippen molar-refractivity contribution in [3.8, 4) is 0 Å². The van der Waals surface area contributed by atoms with Crippen LogP contribution in [-0.4, -0.2) is 5.11 Å². The first-order valence-corrected chi connectivity index (χ1v) is 6.25. The predicted molar refractivity (Wildman–Crippen MR) is 71.6 cm³/mol. The normalized spacial score (nSPS) is 12.5. The molecular formula is C14H10Cl2F2O. The van der Waals surface area contributed by atoms with Crippen molar-refractivity contribution in [3.63, 3.8) is 0 Å². The van der Waals surface area contributed by atoms with Gasteiger partial charge < -0.3 is 5.11 Å². The number of aryl methyl sites for hydroxylation is 1. The first kappa shape index (κ1) is 14.3. The van der Waals surface area contributed by atoms with Crippen LogP contribution in [-0.2, 0) is 0 Å². The van der Waals surface area contributed by atoms with E-state index in [4.69, 9.17) is 23.2 Å². The highest BCUT2D eigenvalue weighted by Crippen LogP contribution is 2.32. The average Bonchev–Trinajstić information content (AvgIpc) is 2.38. The van der Waals surface area contributed by atoms with Gasteiger partial charge in [0.25, 0.3) is 0 Å². The van der Waals surface area contributed by atoms with E-state index in [1.54, 1.807) is 6.07 Å². The molecule has 0 aliphatic carbocycles. The van der Waals surface area contributed by atoms with Crippen LogP contribution in [0.2, 0.25) is 10.0 Å². The van der Waals surface area contributed by atoms with E-state index >= 15 is 0 Å². The summed E-state index contributed by atoms with van der Waals surface area (Å²) in [4.78, 5) is 0. The van der Waals surface area contributed by atoms with Gasteiger partial charge in [-0.2, -0.15) is 0 Å². The minimum atomic E-state index is -1.37. The molecule has 0 heterocycles. The van der Waals surface area contributed by atoms with Crippen LogP contribution < -0.4 is 0 Å². The van der Waals surface area contributed by atoms with Crippen LogP contribution in [0.4, 0.5) is 8.78 Å². The fourth-order valence-corrected chi connectivity index (χ4v) is 2.17. The molecule has 2 aromatic carbocycles. The molecule has 0 aliphatic rings. The maximum Gasteiger partial charge on any atom is 0.165 e. The Labute approximate surface area is 119 Å². The summed E-state index contributed by atoms with van der Waals surface area (Å²) in [6.45, 7) is 1.45. The molecule has 1 N–H and O–H groups in total. The molecular weight excluding hydrogens is 293 g/mol. The Morgan fingerprint density at radius 1 is 1.00 bits per heavy atom. The molecule has 0 aromatic heterocycles. The minimum Gasteiger partial charge on any atom is -0.383 e. The lowest BCUT2D eigenvalue weighted by molar-refractivity contribution is 0.213. The van der Waals surface area contributed by atoms with E-state index in [2.05, 4.69) is 0 Å². The Hall–Kier alpha value is -1.16. The summed E-state index contributed by atoms with van der Waals surface area (Å²) in [6.07, 6.45) is -1.37. The summed E-state index contributed by atoms with van der Waals surface area (Å²) in [5, 5.41) is 10.7. The maximum atomic E-state index is 13.8. The van der Waals surface area contributed by atoms with Gasteiger partial charge in [-0.15, -0.1) is 0 Å². The highest BCUT2D eigenvalue weighted by Gasteiger charge is 2.21. The first-order valence-electron chi connectivity index (χ1n) is 5.49. The highest BCUT2D eigenvalue weighted by molar-refractivity contribution is 6.33. The molecule has 0 saturated heterocycles. The van der Waals surface area contributed by atoms with Gasteiger partial charge in [-0.25, -0.2) is 8.78 Å². The quantitative estimate of drug-likeness (QED) is 0.855. The zero-order valence-corrected chi connectivity index (χ0v) is 11.4. The summed E-state index contributed by atoms with van der Waals surface area (Å²) in [5.74, 6) is -2.06. The van der Waals surface area contributed by atoms with E-state index < -0.39 is 17.7 Å². The summed E-state index contributed by atoms with van der Waals surface area (Å²) < 4.78 is 27.3. The number of benzene rings is 2. The summed E-state index contributed by atoms with van der Waals surface area (Å²) >= 11 is 11.7. The van der Waals surface area contributed by atoms with Crippen LogP contribution in [0.25, 0.3) is 0 Å². The molecule has 5 heteroatoms. The third-order valence-electron chi connectivity index (χ3n) is 2.85. The highest BCUT2D eigenvalue weighted by atomic mass is 35.5. The van der Waals surface area contributed by atoms with Crippen molar-refractivity contribution in [2.24, 2.45) is 0 Å². The molecule has 19 heavy (non-hydrogen) atoms. The van der Waals surface area contributed by atoms with Crippen molar-refractivity contribution < 1.29 is 13.9 Å². The van der Waals surface area contributed by atoms with Gasteiger partial charge in [0.1, 0.15) is 6.10 Å². The van der Waals surface area contributed by atoms with Crippen molar-refractivity contribution in [1.29, 1.82) is 0 Å². The van der Waals surface area contributed by atoms with Gasteiger partial charge in [0.2, 0.25) is 0 Å². The van der Waals surface area contributed by atoms with Gasteiger partial charge in [-0.05, 0) is 30.7 Å². The van der Waals surface area contributed by atoms with E-state index in [0.717, 1.165) is 0 Å². The van der Waals surface area contributed by atoms with Crippen molar-refractivity contribution >= 4 is 23.2 Å². The molecule has 0 spiro atoms. The van der Waals surface area contributed by atoms with Gasteiger partial charge in [-0.3, -0.25) is 0 Å².